The summed E-state index contributed by atoms with van der Waals surface area (Å²) in [5, 5.41) is 2.75. The third-order valence-electron chi connectivity index (χ3n) is 4.55. The molecular weight excluding hydrogens is 356 g/mol. The Morgan fingerprint density at radius 2 is 1.77 bits per heavy atom. The highest BCUT2D eigenvalue weighted by molar-refractivity contribution is 7.89. The number of nitrogens with zero attached hydrogens (tertiary/aromatic N) is 1. The molecule has 0 spiro atoms. The molecule has 0 radical (unpaired) electrons. The molecule has 0 atom stereocenters. The van der Waals surface area contributed by atoms with Crippen LogP contribution in [0, 0.1) is 0 Å². The fourth-order valence-corrected chi connectivity index (χ4v) is 4.38. The Balaban J connectivity index is 1.45. The molecule has 1 N–H and O–H groups in total. The Morgan fingerprint density at radius 3 is 2.38 bits per heavy atom. The molecule has 8 heteroatoms. The molecule has 26 heavy (non-hydrogen) atoms. The largest absolute Gasteiger partial charge is 0.456 e. The Morgan fingerprint density at radius 1 is 1.12 bits per heavy atom. The van der Waals surface area contributed by atoms with Gasteiger partial charge >= 0.3 is 5.97 Å². The summed E-state index contributed by atoms with van der Waals surface area (Å²) < 4.78 is 31.4. The number of amides is 1. The maximum atomic E-state index is 12.5. The number of hydrogen-bond acceptors (Lipinski definition) is 5. The van der Waals surface area contributed by atoms with Crippen LogP contribution in [-0.2, 0) is 30.8 Å². The van der Waals surface area contributed by atoms with Crippen LogP contribution >= 0.6 is 0 Å². The van der Waals surface area contributed by atoms with Crippen molar-refractivity contribution >= 4 is 21.9 Å². The second-order valence-electron chi connectivity index (χ2n) is 6.76. The highest BCUT2D eigenvalue weighted by Gasteiger charge is 2.27. The van der Waals surface area contributed by atoms with Crippen LogP contribution in [0.5, 0.6) is 0 Å². The third-order valence-corrected chi connectivity index (χ3v) is 6.46. The van der Waals surface area contributed by atoms with Gasteiger partial charge in [-0.25, -0.2) is 8.42 Å². The van der Waals surface area contributed by atoms with Gasteiger partial charge in [-0.2, -0.15) is 4.31 Å². The van der Waals surface area contributed by atoms with Gasteiger partial charge in [0.05, 0.1) is 4.90 Å². The summed E-state index contributed by atoms with van der Waals surface area (Å²) in [5.41, 5.74) is 0.852. The maximum Gasteiger partial charge on any atom is 0.306 e. The zero-order valence-electron chi connectivity index (χ0n) is 14.6. The molecule has 142 valence electrons. The highest BCUT2D eigenvalue weighted by Crippen LogP contribution is 2.21. The monoisotopic (exact) mass is 380 g/mol. The van der Waals surface area contributed by atoms with Crippen molar-refractivity contribution in [3.8, 4) is 0 Å². The van der Waals surface area contributed by atoms with Gasteiger partial charge in [-0.3, -0.25) is 9.59 Å². The minimum absolute atomic E-state index is 0.148. The van der Waals surface area contributed by atoms with Crippen LogP contribution in [0.15, 0.2) is 29.2 Å². The van der Waals surface area contributed by atoms with Crippen molar-refractivity contribution in [2.75, 3.05) is 19.7 Å². The maximum absolute atomic E-state index is 12.5. The first-order valence-corrected chi connectivity index (χ1v) is 10.4. The van der Waals surface area contributed by atoms with Crippen LogP contribution < -0.4 is 5.32 Å². The zero-order valence-corrected chi connectivity index (χ0v) is 15.5. The van der Waals surface area contributed by atoms with E-state index in [1.807, 2.05) is 0 Å². The lowest BCUT2D eigenvalue weighted by Gasteiger charge is -2.15. The molecule has 1 aromatic rings. The summed E-state index contributed by atoms with van der Waals surface area (Å²) in [6.45, 7) is 0.900. The van der Waals surface area contributed by atoms with Gasteiger partial charge in [0.1, 0.15) is 0 Å². The predicted octanol–water partition coefficient (Wildman–Crippen LogP) is 1.23. The standard InChI is InChI=1S/C18H24N2O5S/c21-17(19-15-6-7-15)13-25-18(22)10-5-14-3-8-16(9-4-14)26(23,24)20-11-1-2-12-20/h3-4,8-9,15H,1-2,5-7,10-13H2,(H,19,21). The Hall–Kier alpha value is -1.93. The van der Waals surface area contributed by atoms with E-state index in [1.165, 1.54) is 4.31 Å². The van der Waals surface area contributed by atoms with Crippen LogP contribution in [-0.4, -0.2) is 50.3 Å². The predicted molar refractivity (Wildman–Crippen MR) is 94.9 cm³/mol. The highest BCUT2D eigenvalue weighted by atomic mass is 32.2. The SMILES string of the molecule is O=C(COC(=O)CCc1ccc(S(=O)(=O)N2CCCC2)cc1)NC1CC1. The fourth-order valence-electron chi connectivity index (χ4n) is 2.87. The van der Waals surface area contributed by atoms with E-state index < -0.39 is 16.0 Å². The van der Waals surface area contributed by atoms with E-state index in [4.69, 9.17) is 4.74 Å². The van der Waals surface area contributed by atoms with Gasteiger partial charge in [-0.05, 0) is 49.8 Å². The van der Waals surface area contributed by atoms with Crippen molar-refractivity contribution in [1.82, 2.24) is 9.62 Å². The smallest absolute Gasteiger partial charge is 0.306 e. The summed E-state index contributed by atoms with van der Waals surface area (Å²) in [4.78, 5) is 23.5. The molecule has 1 aromatic carbocycles. The van der Waals surface area contributed by atoms with E-state index in [0.29, 0.717) is 19.5 Å². The van der Waals surface area contributed by atoms with Crippen molar-refractivity contribution < 1.29 is 22.7 Å². The van der Waals surface area contributed by atoms with Gasteiger partial charge in [0.15, 0.2) is 6.61 Å². The number of aryl methyl sites for hydroxylation is 1. The van der Waals surface area contributed by atoms with E-state index >= 15 is 0 Å². The molecule has 1 saturated heterocycles. The van der Waals surface area contributed by atoms with E-state index in [2.05, 4.69) is 5.32 Å². The van der Waals surface area contributed by atoms with Gasteiger partial charge in [-0.15, -0.1) is 0 Å². The third kappa shape index (κ3) is 5.04. The van der Waals surface area contributed by atoms with Gasteiger partial charge in [0.2, 0.25) is 10.0 Å². The molecule has 2 fully saturated rings. The number of hydrogen-bond donors (Lipinski definition) is 1. The molecule has 1 aliphatic heterocycles. The van der Waals surface area contributed by atoms with Crippen LogP contribution in [0.3, 0.4) is 0 Å². The van der Waals surface area contributed by atoms with E-state index in [0.717, 1.165) is 31.2 Å². The first-order chi connectivity index (χ1) is 12.4. The quantitative estimate of drug-likeness (QED) is 0.685. The molecule has 1 saturated carbocycles. The molecule has 0 unspecified atom stereocenters. The molecule has 3 rings (SSSR count). The number of rotatable bonds is 8. The van der Waals surface area contributed by atoms with E-state index in [-0.39, 0.29) is 29.9 Å². The van der Waals surface area contributed by atoms with Crippen molar-refractivity contribution in [1.29, 1.82) is 0 Å². The lowest BCUT2D eigenvalue weighted by molar-refractivity contribution is -0.148. The average molecular weight is 380 g/mol. The average Bonchev–Trinajstić information content (AvgIpc) is 3.25. The lowest BCUT2D eigenvalue weighted by Crippen LogP contribution is -2.30. The number of benzene rings is 1. The summed E-state index contributed by atoms with van der Waals surface area (Å²) in [6, 6.07) is 6.84. The molecule has 1 aliphatic carbocycles. The molecule has 2 aliphatic rings. The number of carbonyl (C=O) groups excluding carboxylic acids is 2. The normalized spacial score (nSPS) is 17.8. The van der Waals surface area contributed by atoms with Crippen molar-refractivity contribution in [2.24, 2.45) is 0 Å². The van der Waals surface area contributed by atoms with Crippen molar-refractivity contribution in [3.63, 3.8) is 0 Å². The van der Waals surface area contributed by atoms with E-state index in [1.54, 1.807) is 24.3 Å². The Bertz CT molecular complexity index is 750. The molecule has 1 heterocycles. The minimum atomic E-state index is -3.41. The molecule has 0 aromatic heterocycles. The van der Waals surface area contributed by atoms with Crippen LogP contribution in [0.2, 0.25) is 0 Å². The summed E-state index contributed by atoms with van der Waals surface area (Å²) in [5.74, 6) is -0.706. The van der Waals surface area contributed by atoms with Crippen LogP contribution in [0.1, 0.15) is 37.7 Å². The van der Waals surface area contributed by atoms with Gasteiger partial charge in [0, 0.05) is 25.6 Å². The Kier molecular flexibility index (Phi) is 5.93. The number of sulfonamides is 1. The van der Waals surface area contributed by atoms with Crippen molar-refractivity contribution in [2.45, 2.75) is 49.5 Å². The number of esters is 1. The molecule has 7 nitrogen and oxygen atoms in total. The zero-order chi connectivity index (χ0) is 18.6. The second-order valence-corrected chi connectivity index (χ2v) is 8.70. The van der Waals surface area contributed by atoms with Crippen LogP contribution in [0.4, 0.5) is 0 Å². The van der Waals surface area contributed by atoms with Crippen LogP contribution in [0.25, 0.3) is 0 Å². The molecular formula is C18H24N2O5S. The fraction of sp³-hybridized carbons (Fsp3) is 0.556. The summed E-state index contributed by atoms with van der Waals surface area (Å²) in [7, 11) is -3.41. The number of ether oxygens (including phenoxy) is 1. The summed E-state index contributed by atoms with van der Waals surface area (Å²) in [6.07, 6.45) is 4.37. The minimum Gasteiger partial charge on any atom is -0.456 e. The topological polar surface area (TPSA) is 92.8 Å². The van der Waals surface area contributed by atoms with E-state index in [9.17, 15) is 18.0 Å². The van der Waals surface area contributed by atoms with Gasteiger partial charge in [0.25, 0.3) is 5.91 Å². The number of carbonyl (C=O) groups is 2. The second kappa shape index (κ2) is 8.18. The van der Waals surface area contributed by atoms with Crippen molar-refractivity contribution in [3.05, 3.63) is 29.8 Å². The van der Waals surface area contributed by atoms with Gasteiger partial charge in [-0.1, -0.05) is 12.1 Å². The first-order valence-electron chi connectivity index (χ1n) is 8.99. The molecule has 1 amide bonds. The summed E-state index contributed by atoms with van der Waals surface area (Å²) >= 11 is 0. The number of nitrogens with one attached hydrogen (secondary N) is 1. The first kappa shape index (κ1) is 18.8. The lowest BCUT2D eigenvalue weighted by atomic mass is 10.1. The Labute approximate surface area is 153 Å². The van der Waals surface area contributed by atoms with Gasteiger partial charge < -0.3 is 10.1 Å². The molecule has 0 bridgehead atoms.